The van der Waals surface area contributed by atoms with E-state index in [-0.39, 0.29) is 37.5 Å². The number of nitrogens with zero attached hydrogens (tertiary/aromatic N) is 2. The molecule has 7 nitrogen and oxygen atoms in total. The highest BCUT2D eigenvalue weighted by atomic mass is 35.5. The minimum absolute atomic E-state index is 0.00387. The van der Waals surface area contributed by atoms with Crippen molar-refractivity contribution in [3.63, 3.8) is 0 Å². The molecule has 0 saturated heterocycles. The summed E-state index contributed by atoms with van der Waals surface area (Å²) in [7, 11) is 0. The van der Waals surface area contributed by atoms with Gasteiger partial charge in [-0.05, 0) is 41.3 Å². The Bertz CT molecular complexity index is 1300. The lowest BCUT2D eigenvalue weighted by molar-refractivity contribution is -0.121. The van der Waals surface area contributed by atoms with Crippen molar-refractivity contribution >= 4 is 39.1 Å². The van der Waals surface area contributed by atoms with E-state index >= 15 is 0 Å². The number of halogens is 1. The molecule has 9 heteroatoms. The van der Waals surface area contributed by atoms with Gasteiger partial charge in [0.1, 0.15) is 10.5 Å². The van der Waals surface area contributed by atoms with Crippen LogP contribution in [0.2, 0.25) is 5.02 Å². The fourth-order valence-corrected chi connectivity index (χ4v) is 4.26. The molecular weight excluding hydrogens is 426 g/mol. The molecule has 0 radical (unpaired) electrons. The molecule has 30 heavy (non-hydrogen) atoms. The highest BCUT2D eigenvalue weighted by molar-refractivity contribution is 7.17. The molecule has 1 N–H and O–H groups in total. The summed E-state index contributed by atoms with van der Waals surface area (Å²) in [5.74, 6) is 0.356. The van der Waals surface area contributed by atoms with Gasteiger partial charge in [-0.1, -0.05) is 23.7 Å². The molecule has 1 amide bonds. The van der Waals surface area contributed by atoms with Crippen molar-refractivity contribution in [2.45, 2.75) is 26.1 Å². The molecule has 0 unspecified atom stereocenters. The molecule has 0 aliphatic carbocycles. The summed E-state index contributed by atoms with van der Waals surface area (Å²) in [6, 6.07) is 12.5. The second-order valence-corrected chi connectivity index (χ2v) is 8.05. The quantitative estimate of drug-likeness (QED) is 0.475. The van der Waals surface area contributed by atoms with Gasteiger partial charge in [0.2, 0.25) is 5.91 Å². The Labute approximate surface area is 180 Å². The van der Waals surface area contributed by atoms with Gasteiger partial charge >= 0.3 is 5.69 Å². The average molecular weight is 444 g/mol. The van der Waals surface area contributed by atoms with Gasteiger partial charge in [-0.2, -0.15) is 0 Å². The minimum atomic E-state index is -0.454. The van der Waals surface area contributed by atoms with Gasteiger partial charge in [0.05, 0.1) is 24.9 Å². The van der Waals surface area contributed by atoms with Crippen LogP contribution in [0.15, 0.2) is 68.1 Å². The summed E-state index contributed by atoms with van der Waals surface area (Å²) >= 11 is 7.34. The average Bonchev–Trinajstić information content (AvgIpc) is 3.41. The summed E-state index contributed by atoms with van der Waals surface area (Å²) in [5, 5.41) is 5.07. The summed E-state index contributed by atoms with van der Waals surface area (Å²) in [6.45, 7) is 0.520. The van der Waals surface area contributed by atoms with Gasteiger partial charge in [0, 0.05) is 18.0 Å². The van der Waals surface area contributed by atoms with Crippen molar-refractivity contribution in [2.75, 3.05) is 0 Å². The van der Waals surface area contributed by atoms with Crippen LogP contribution in [0, 0.1) is 0 Å². The molecule has 1 aromatic carbocycles. The number of amides is 1. The van der Waals surface area contributed by atoms with E-state index < -0.39 is 5.69 Å². The summed E-state index contributed by atoms with van der Waals surface area (Å²) < 4.78 is 8.32. The molecule has 154 valence electrons. The molecule has 4 aromatic rings. The van der Waals surface area contributed by atoms with Crippen LogP contribution in [0.5, 0.6) is 0 Å². The van der Waals surface area contributed by atoms with Crippen LogP contribution in [0.3, 0.4) is 0 Å². The number of thiophene rings is 1. The first-order valence-corrected chi connectivity index (χ1v) is 10.5. The topological polar surface area (TPSA) is 86.2 Å². The van der Waals surface area contributed by atoms with Crippen molar-refractivity contribution in [2.24, 2.45) is 0 Å². The second kappa shape index (κ2) is 8.73. The molecule has 0 bridgehead atoms. The van der Waals surface area contributed by atoms with E-state index in [0.29, 0.717) is 21.0 Å². The zero-order valence-electron chi connectivity index (χ0n) is 15.8. The lowest BCUT2D eigenvalue weighted by atomic mass is 10.2. The summed E-state index contributed by atoms with van der Waals surface area (Å²) in [5.41, 5.74) is 0.586. The van der Waals surface area contributed by atoms with Crippen molar-refractivity contribution < 1.29 is 9.21 Å². The van der Waals surface area contributed by atoms with E-state index in [1.807, 2.05) is 12.1 Å². The van der Waals surface area contributed by atoms with Crippen molar-refractivity contribution in [1.29, 1.82) is 0 Å². The largest absolute Gasteiger partial charge is 0.467 e. The normalized spacial score (nSPS) is 11.1. The highest BCUT2D eigenvalue weighted by Gasteiger charge is 2.15. The zero-order valence-corrected chi connectivity index (χ0v) is 17.4. The zero-order chi connectivity index (χ0) is 21.1. The smallest absolute Gasteiger partial charge is 0.331 e. The van der Waals surface area contributed by atoms with E-state index in [0.717, 1.165) is 10.1 Å². The van der Waals surface area contributed by atoms with Crippen molar-refractivity contribution in [3.8, 4) is 0 Å². The number of nitrogens with one attached hydrogen (secondary N) is 1. The van der Waals surface area contributed by atoms with Gasteiger partial charge in [0.25, 0.3) is 5.56 Å². The minimum Gasteiger partial charge on any atom is -0.467 e. The molecule has 4 rings (SSSR count). The number of hydrogen-bond donors (Lipinski definition) is 1. The number of aromatic nitrogens is 2. The highest BCUT2D eigenvalue weighted by Crippen LogP contribution is 2.18. The predicted octanol–water partition coefficient (Wildman–Crippen LogP) is 3.23. The summed E-state index contributed by atoms with van der Waals surface area (Å²) in [6.07, 6.45) is 1.53. The number of carbonyl (C=O) groups excluding carboxylic acids is 1. The first kappa shape index (κ1) is 20.2. The van der Waals surface area contributed by atoms with Crippen LogP contribution < -0.4 is 16.6 Å². The molecule has 0 spiro atoms. The molecule has 3 aromatic heterocycles. The third-order valence-corrected chi connectivity index (χ3v) is 5.80. The van der Waals surface area contributed by atoms with Crippen molar-refractivity contribution in [3.05, 3.63) is 91.3 Å². The van der Waals surface area contributed by atoms with Crippen LogP contribution in [0.1, 0.15) is 17.7 Å². The number of benzene rings is 1. The second-order valence-electron chi connectivity index (χ2n) is 6.70. The molecule has 0 fully saturated rings. The predicted molar refractivity (Wildman–Crippen MR) is 116 cm³/mol. The number of carbonyl (C=O) groups is 1. The Balaban J connectivity index is 1.59. The maximum Gasteiger partial charge on any atom is 0.331 e. The Hall–Kier alpha value is -3.10. The van der Waals surface area contributed by atoms with Crippen LogP contribution in [-0.4, -0.2) is 15.0 Å². The summed E-state index contributed by atoms with van der Waals surface area (Å²) in [4.78, 5) is 38.1. The fourth-order valence-electron chi connectivity index (χ4n) is 3.20. The molecule has 0 aliphatic heterocycles. The maximum absolute atomic E-state index is 13.1. The molecule has 0 atom stereocenters. The van der Waals surface area contributed by atoms with Crippen LogP contribution >= 0.6 is 22.9 Å². The Morgan fingerprint density at radius 3 is 2.77 bits per heavy atom. The van der Waals surface area contributed by atoms with Crippen LogP contribution in [-0.2, 0) is 24.4 Å². The Morgan fingerprint density at radius 1 is 1.13 bits per heavy atom. The molecule has 3 heterocycles. The van der Waals surface area contributed by atoms with Gasteiger partial charge in [0.15, 0.2) is 0 Å². The van der Waals surface area contributed by atoms with E-state index in [4.69, 9.17) is 16.0 Å². The maximum atomic E-state index is 13.1. The molecule has 0 aliphatic rings. The fraction of sp³-hybridized carbons (Fsp3) is 0.190. The lowest BCUT2D eigenvalue weighted by Crippen LogP contribution is -2.40. The number of hydrogen-bond acceptors (Lipinski definition) is 5. The number of fused-ring (bicyclic) bond motifs is 1. The van der Waals surface area contributed by atoms with Gasteiger partial charge in [-0.3, -0.25) is 18.7 Å². The third kappa shape index (κ3) is 4.24. The van der Waals surface area contributed by atoms with Crippen LogP contribution in [0.25, 0.3) is 10.2 Å². The van der Waals surface area contributed by atoms with Gasteiger partial charge < -0.3 is 9.73 Å². The molecular formula is C21H18ClN3O4S. The SMILES string of the molecule is O=C(CCn1c(=O)c2sccc2n(Cc2cccc(Cl)c2)c1=O)NCc1ccco1. The number of rotatable bonds is 7. The van der Waals surface area contributed by atoms with Gasteiger partial charge in [-0.15, -0.1) is 11.3 Å². The molecule has 0 saturated carbocycles. The third-order valence-electron chi connectivity index (χ3n) is 4.67. The van der Waals surface area contributed by atoms with Crippen LogP contribution in [0.4, 0.5) is 0 Å². The number of furan rings is 1. The standard InChI is InChI=1S/C21H18ClN3O4S/c22-15-4-1-3-14(11-15)13-25-17-7-10-30-19(17)20(27)24(21(25)28)8-6-18(26)23-12-16-5-2-9-29-16/h1-5,7,9-11H,6,8,12-13H2,(H,23,26). The van der Waals surface area contributed by atoms with E-state index in [1.54, 1.807) is 40.3 Å². The van der Waals surface area contributed by atoms with E-state index in [9.17, 15) is 14.4 Å². The first-order chi connectivity index (χ1) is 14.5. The van der Waals surface area contributed by atoms with Crippen molar-refractivity contribution in [1.82, 2.24) is 14.5 Å². The Kier molecular flexibility index (Phi) is 5.87. The van der Waals surface area contributed by atoms with E-state index in [2.05, 4.69) is 5.32 Å². The monoisotopic (exact) mass is 443 g/mol. The lowest BCUT2D eigenvalue weighted by Gasteiger charge is -2.12. The van der Waals surface area contributed by atoms with E-state index in [1.165, 1.54) is 17.6 Å². The first-order valence-electron chi connectivity index (χ1n) is 9.27. The Morgan fingerprint density at radius 2 is 2.00 bits per heavy atom. The van der Waals surface area contributed by atoms with Gasteiger partial charge in [-0.25, -0.2) is 4.79 Å².